The monoisotopic (exact) mass is 298 g/mol. The molecule has 0 radical (unpaired) electrons. The van der Waals surface area contributed by atoms with E-state index in [1.54, 1.807) is 0 Å². The number of benzene rings is 2. The first-order chi connectivity index (χ1) is 10.6. The van der Waals surface area contributed by atoms with Crippen LogP contribution in [-0.4, -0.2) is 22.0 Å². The molecule has 0 bridgehead atoms. The topological polar surface area (TPSA) is 83.8 Å². The highest BCUT2D eigenvalue weighted by Gasteiger charge is 2.32. The number of aromatic hydroxyl groups is 1. The zero-order chi connectivity index (χ0) is 15.7. The van der Waals surface area contributed by atoms with E-state index >= 15 is 0 Å². The minimum absolute atomic E-state index is 0.0730. The fourth-order valence-electron chi connectivity index (χ4n) is 2.66. The Morgan fingerprint density at radius 1 is 1.18 bits per heavy atom. The van der Waals surface area contributed by atoms with E-state index in [4.69, 9.17) is 9.84 Å². The van der Waals surface area contributed by atoms with Crippen LogP contribution in [-0.2, 0) is 11.2 Å². The van der Waals surface area contributed by atoms with Crippen LogP contribution in [0.15, 0.2) is 42.5 Å². The maximum Gasteiger partial charge on any atom is 0.307 e. The lowest BCUT2D eigenvalue weighted by molar-refractivity contribution is -0.136. The summed E-state index contributed by atoms with van der Waals surface area (Å²) < 4.78 is 5.78. The highest BCUT2D eigenvalue weighted by Crippen LogP contribution is 2.42. The quantitative estimate of drug-likeness (QED) is 0.910. The van der Waals surface area contributed by atoms with Crippen molar-refractivity contribution in [1.82, 2.24) is 0 Å². The number of aliphatic carboxylic acids is 1. The van der Waals surface area contributed by atoms with E-state index in [9.17, 15) is 14.7 Å². The summed E-state index contributed by atoms with van der Waals surface area (Å²) in [5.41, 5.74) is 1.37. The molecular weight excluding hydrogens is 284 g/mol. The van der Waals surface area contributed by atoms with E-state index in [1.165, 1.54) is 12.1 Å². The fourth-order valence-corrected chi connectivity index (χ4v) is 2.66. The molecule has 0 aliphatic carbocycles. The van der Waals surface area contributed by atoms with E-state index in [0.717, 1.165) is 5.56 Å². The lowest BCUT2D eigenvalue weighted by Gasteiger charge is -2.27. The van der Waals surface area contributed by atoms with E-state index in [1.807, 2.05) is 30.3 Å². The largest absolute Gasteiger partial charge is 0.504 e. The van der Waals surface area contributed by atoms with Gasteiger partial charge in [0.15, 0.2) is 17.3 Å². The van der Waals surface area contributed by atoms with Gasteiger partial charge in [0.25, 0.3) is 0 Å². The van der Waals surface area contributed by atoms with Crippen molar-refractivity contribution in [2.24, 2.45) is 0 Å². The molecule has 1 aliphatic heterocycles. The van der Waals surface area contributed by atoms with Crippen LogP contribution in [0.4, 0.5) is 0 Å². The number of rotatable bonds is 3. The zero-order valence-electron chi connectivity index (χ0n) is 11.7. The van der Waals surface area contributed by atoms with Gasteiger partial charge in [-0.25, -0.2) is 0 Å². The highest BCUT2D eigenvalue weighted by atomic mass is 16.5. The van der Waals surface area contributed by atoms with Gasteiger partial charge in [-0.05, 0) is 17.2 Å². The minimum Gasteiger partial charge on any atom is -0.504 e. The number of carboxylic acid groups (broad SMARTS) is 1. The molecule has 2 N–H and O–H groups in total. The number of carboxylic acids is 1. The molecule has 3 rings (SSSR count). The summed E-state index contributed by atoms with van der Waals surface area (Å²) in [5, 5.41) is 18.9. The lowest BCUT2D eigenvalue weighted by Crippen LogP contribution is -2.22. The first-order valence-electron chi connectivity index (χ1n) is 6.87. The molecule has 0 amide bonds. The summed E-state index contributed by atoms with van der Waals surface area (Å²) in [6.07, 6.45) is -0.645. The molecule has 5 nitrogen and oxygen atoms in total. The first kappa shape index (κ1) is 14.1. The maximum absolute atomic E-state index is 12.4. The predicted molar refractivity (Wildman–Crippen MR) is 78.2 cm³/mol. The third-order valence-electron chi connectivity index (χ3n) is 3.65. The molecular formula is C17H14O5. The van der Waals surface area contributed by atoms with Crippen molar-refractivity contribution in [2.45, 2.75) is 18.9 Å². The van der Waals surface area contributed by atoms with Gasteiger partial charge in [0.1, 0.15) is 6.10 Å². The maximum atomic E-state index is 12.4. The second-order valence-corrected chi connectivity index (χ2v) is 5.16. The van der Waals surface area contributed by atoms with E-state index in [0.29, 0.717) is 5.56 Å². The van der Waals surface area contributed by atoms with Crippen LogP contribution < -0.4 is 4.74 Å². The molecule has 1 heterocycles. The van der Waals surface area contributed by atoms with Gasteiger partial charge in [0.2, 0.25) is 0 Å². The Morgan fingerprint density at radius 2 is 1.91 bits per heavy atom. The molecule has 112 valence electrons. The highest BCUT2D eigenvalue weighted by molar-refractivity contribution is 6.03. The second-order valence-electron chi connectivity index (χ2n) is 5.16. The molecule has 0 spiro atoms. The van der Waals surface area contributed by atoms with Crippen LogP contribution >= 0.6 is 0 Å². The number of phenols is 1. The minimum atomic E-state index is -1.04. The number of hydrogen-bond donors (Lipinski definition) is 2. The van der Waals surface area contributed by atoms with Crippen molar-refractivity contribution in [3.8, 4) is 11.5 Å². The third kappa shape index (κ3) is 2.53. The van der Waals surface area contributed by atoms with Crippen LogP contribution in [0.5, 0.6) is 11.5 Å². The second kappa shape index (κ2) is 5.52. The lowest BCUT2D eigenvalue weighted by atomic mass is 9.91. The fraction of sp³-hybridized carbons (Fsp3) is 0.176. The van der Waals surface area contributed by atoms with Crippen molar-refractivity contribution < 1.29 is 24.5 Å². The molecule has 0 fully saturated rings. The van der Waals surface area contributed by atoms with Crippen LogP contribution in [0.25, 0.3) is 0 Å². The van der Waals surface area contributed by atoms with Gasteiger partial charge in [0, 0.05) is 0 Å². The number of fused-ring (bicyclic) bond motifs is 1. The van der Waals surface area contributed by atoms with Crippen molar-refractivity contribution >= 4 is 11.8 Å². The van der Waals surface area contributed by atoms with Crippen LogP contribution in [0, 0.1) is 0 Å². The summed E-state index contributed by atoms with van der Waals surface area (Å²) in [6.45, 7) is 0. The summed E-state index contributed by atoms with van der Waals surface area (Å²) >= 11 is 0. The molecule has 22 heavy (non-hydrogen) atoms. The van der Waals surface area contributed by atoms with Crippen molar-refractivity contribution in [3.63, 3.8) is 0 Å². The summed E-state index contributed by atoms with van der Waals surface area (Å²) in [5.74, 6) is -1.34. The average molecular weight is 298 g/mol. The number of Topliss-reactive ketones (excluding diaryl/α,β-unsaturated/α-hetero) is 1. The Bertz CT molecular complexity index is 736. The van der Waals surface area contributed by atoms with Crippen molar-refractivity contribution in [3.05, 3.63) is 59.2 Å². The molecule has 1 atom stereocenters. The molecule has 0 saturated heterocycles. The summed E-state index contributed by atoms with van der Waals surface area (Å²) in [4.78, 5) is 23.4. The van der Waals surface area contributed by atoms with Gasteiger partial charge in [0.05, 0.1) is 18.4 Å². The van der Waals surface area contributed by atoms with Crippen LogP contribution in [0.3, 0.4) is 0 Å². The number of hydrogen-bond acceptors (Lipinski definition) is 4. The standard InChI is InChI=1S/C17H14O5/c18-12-7-6-11(8-15(20)21)16-13(19)9-14(22-17(12)16)10-4-2-1-3-5-10/h1-7,14,18H,8-9H2,(H,20,21). The normalized spacial score (nSPS) is 16.7. The number of carbonyl (C=O) groups excluding carboxylic acids is 1. The molecule has 1 unspecified atom stereocenters. The van der Waals surface area contributed by atoms with Gasteiger partial charge in [-0.3, -0.25) is 9.59 Å². The summed E-state index contributed by atoms with van der Waals surface area (Å²) in [7, 11) is 0. The molecule has 1 aliphatic rings. The van der Waals surface area contributed by atoms with Crippen molar-refractivity contribution in [1.29, 1.82) is 0 Å². The molecule has 0 saturated carbocycles. The Labute approximate surface area is 126 Å². The number of ketones is 1. The average Bonchev–Trinajstić information content (AvgIpc) is 2.50. The molecule has 5 heteroatoms. The third-order valence-corrected chi connectivity index (χ3v) is 3.65. The molecule has 2 aromatic rings. The van der Waals surface area contributed by atoms with E-state index in [2.05, 4.69) is 0 Å². The number of carbonyl (C=O) groups is 2. The number of phenolic OH excluding ortho intramolecular Hbond substituents is 1. The summed E-state index contributed by atoms with van der Waals surface area (Å²) in [6, 6.07) is 12.1. The smallest absolute Gasteiger partial charge is 0.307 e. The predicted octanol–water partition coefficient (Wildman–Crippen LogP) is 2.73. The molecule has 0 aromatic heterocycles. The SMILES string of the molecule is O=C(O)Cc1ccc(O)c2c1C(=O)CC(c1ccccc1)O2. The Balaban J connectivity index is 2.03. The Morgan fingerprint density at radius 3 is 2.59 bits per heavy atom. The number of ether oxygens (including phenoxy) is 1. The zero-order valence-corrected chi connectivity index (χ0v) is 11.7. The van der Waals surface area contributed by atoms with E-state index < -0.39 is 12.1 Å². The Hall–Kier alpha value is -2.82. The van der Waals surface area contributed by atoms with Gasteiger partial charge in [-0.1, -0.05) is 36.4 Å². The van der Waals surface area contributed by atoms with Crippen molar-refractivity contribution in [2.75, 3.05) is 0 Å². The molecule has 2 aromatic carbocycles. The first-order valence-corrected chi connectivity index (χ1v) is 6.87. The Kier molecular flexibility index (Phi) is 3.55. The van der Waals surface area contributed by atoms with Gasteiger partial charge in [-0.2, -0.15) is 0 Å². The van der Waals surface area contributed by atoms with Gasteiger partial charge >= 0.3 is 5.97 Å². The van der Waals surface area contributed by atoms with Gasteiger partial charge < -0.3 is 14.9 Å². The van der Waals surface area contributed by atoms with E-state index in [-0.39, 0.29) is 35.7 Å². The van der Waals surface area contributed by atoms with Crippen LogP contribution in [0.1, 0.15) is 34.0 Å². The van der Waals surface area contributed by atoms with Gasteiger partial charge in [-0.15, -0.1) is 0 Å². The van der Waals surface area contributed by atoms with Crippen LogP contribution in [0.2, 0.25) is 0 Å².